The molecule has 0 aliphatic carbocycles. The second kappa shape index (κ2) is 14.1. The maximum absolute atomic E-state index is 14.1. The second-order valence-electron chi connectivity index (χ2n) is 11.1. The highest BCUT2D eigenvalue weighted by Crippen LogP contribution is 2.47. The third-order valence-corrected chi connectivity index (χ3v) is 10.2. The number of nitrogens with one attached hydrogen (secondary N) is 1. The van der Waals surface area contributed by atoms with E-state index < -0.39 is 51.3 Å². The fourth-order valence-electron chi connectivity index (χ4n) is 5.65. The smallest absolute Gasteiger partial charge is 0.333 e. The minimum atomic E-state index is -3.82. The van der Waals surface area contributed by atoms with Gasteiger partial charge in [0.15, 0.2) is 45.5 Å². The molecule has 3 aromatic rings. The lowest BCUT2D eigenvalue weighted by atomic mass is 9.81. The molecule has 45 heavy (non-hydrogen) atoms. The van der Waals surface area contributed by atoms with Crippen molar-refractivity contribution < 1.29 is 42.4 Å². The first-order valence-corrected chi connectivity index (χ1v) is 16.4. The van der Waals surface area contributed by atoms with Crippen LogP contribution in [-0.2, 0) is 24.2 Å². The molecule has 0 saturated heterocycles. The quantitative estimate of drug-likeness (QED) is 0.182. The number of sulfone groups is 1. The first kappa shape index (κ1) is 33.4. The number of hydrogen-bond acceptors (Lipinski definition) is 10. The number of aromatic hydroxyl groups is 2. The first-order valence-electron chi connectivity index (χ1n) is 14.8. The third kappa shape index (κ3) is 7.28. The van der Waals surface area contributed by atoms with E-state index in [0.29, 0.717) is 18.7 Å². The number of amides is 1. The number of carbonyl (C=O) groups is 2. The number of phenolic OH excluding ortho intramolecular Hbond substituents is 2. The summed E-state index contributed by atoms with van der Waals surface area (Å²) < 4.78 is 44.3. The van der Waals surface area contributed by atoms with Crippen LogP contribution < -0.4 is 19.7 Å². The van der Waals surface area contributed by atoms with Crippen LogP contribution in [0.3, 0.4) is 0 Å². The predicted octanol–water partition coefficient (Wildman–Crippen LogP) is 5.03. The van der Waals surface area contributed by atoms with Crippen LogP contribution in [0.25, 0.3) is 0 Å². The van der Waals surface area contributed by atoms with Gasteiger partial charge in [0.05, 0.1) is 30.6 Å². The lowest BCUT2D eigenvalue weighted by Crippen LogP contribution is -2.37. The number of phenols is 2. The van der Waals surface area contributed by atoms with Crippen molar-refractivity contribution in [2.24, 2.45) is 5.41 Å². The molecular weight excluding hydrogens is 600 g/mol. The van der Waals surface area contributed by atoms with Gasteiger partial charge in [0.1, 0.15) is 0 Å². The van der Waals surface area contributed by atoms with E-state index >= 15 is 0 Å². The maximum Gasteiger partial charge on any atom is 0.333 e. The Kier molecular flexibility index (Phi) is 10.5. The number of ether oxygens (including phenoxy) is 3. The minimum absolute atomic E-state index is 0.0235. The summed E-state index contributed by atoms with van der Waals surface area (Å²) in [6, 6.07) is 15.1. The molecule has 3 N–H and O–H groups in total. The number of benzene rings is 3. The van der Waals surface area contributed by atoms with Gasteiger partial charge in [-0.1, -0.05) is 57.0 Å². The molecule has 242 valence electrons. The Balaban J connectivity index is 1.70. The van der Waals surface area contributed by atoms with E-state index in [4.69, 9.17) is 14.2 Å². The van der Waals surface area contributed by atoms with Crippen molar-refractivity contribution >= 4 is 33.1 Å². The monoisotopic (exact) mass is 640 g/mol. The maximum atomic E-state index is 14.1. The lowest BCUT2D eigenvalue weighted by molar-refractivity contribution is -0.145. The van der Waals surface area contributed by atoms with Gasteiger partial charge in [-0.25, -0.2) is 13.2 Å². The minimum Gasteiger partial charge on any atom is -0.504 e. The highest BCUT2D eigenvalue weighted by molar-refractivity contribution is 7.91. The number of anilines is 2. The van der Waals surface area contributed by atoms with Crippen LogP contribution in [0.5, 0.6) is 23.0 Å². The van der Waals surface area contributed by atoms with Gasteiger partial charge in [0.25, 0.3) is 5.91 Å². The molecule has 0 fully saturated rings. The zero-order valence-electron chi connectivity index (χ0n) is 25.9. The van der Waals surface area contributed by atoms with Gasteiger partial charge in [-0.05, 0) is 31.0 Å². The van der Waals surface area contributed by atoms with E-state index in [1.807, 2.05) is 42.2 Å². The van der Waals surface area contributed by atoms with Gasteiger partial charge in [-0.3, -0.25) is 4.79 Å². The van der Waals surface area contributed by atoms with Gasteiger partial charge in [0.2, 0.25) is 0 Å². The van der Waals surface area contributed by atoms with E-state index in [0.717, 1.165) is 32.1 Å². The average molecular weight is 641 g/mol. The molecule has 1 aliphatic heterocycles. The Bertz CT molecular complexity index is 1630. The second-order valence-corrected chi connectivity index (χ2v) is 13.1. The topological polar surface area (TPSA) is 152 Å². The molecule has 1 heterocycles. The standard InChI is InChI=1S/C33H40N2O9S/c1-5-7-16-33(6-2)20-35(22-12-9-8-10-13-22)24-17-26(42-3)27(18-28(24)45(40,41)21-33)44-19-29(37)34-30(32(39)43-4)23-14-11-15-25(36)31(23)38/h8-15,17-18,30,36,38H,5-7,16,19-21H2,1-4H3,(H,34,37). The molecule has 1 amide bonds. The normalized spacial score (nSPS) is 17.8. The third-order valence-electron chi connectivity index (χ3n) is 8.20. The summed E-state index contributed by atoms with van der Waals surface area (Å²) in [5.41, 5.74) is 0.710. The molecule has 1 aliphatic rings. The molecule has 3 aromatic carbocycles. The highest BCUT2D eigenvalue weighted by atomic mass is 32.2. The number of fused-ring (bicyclic) bond motifs is 1. The van der Waals surface area contributed by atoms with Crippen molar-refractivity contribution in [3.8, 4) is 23.0 Å². The number of rotatable bonds is 12. The summed E-state index contributed by atoms with van der Waals surface area (Å²) in [7, 11) is -1.29. The summed E-state index contributed by atoms with van der Waals surface area (Å²) in [5, 5.41) is 22.6. The number of esters is 1. The molecule has 12 heteroatoms. The zero-order chi connectivity index (χ0) is 32.8. The number of para-hydroxylation sites is 2. The highest BCUT2D eigenvalue weighted by Gasteiger charge is 2.42. The molecular formula is C33H40N2O9S. The number of hydrogen-bond donors (Lipinski definition) is 3. The van der Waals surface area contributed by atoms with E-state index in [1.165, 1.54) is 31.4 Å². The van der Waals surface area contributed by atoms with Crippen LogP contribution in [-0.4, -0.2) is 63.6 Å². The van der Waals surface area contributed by atoms with Crippen LogP contribution in [0.15, 0.2) is 65.6 Å². The Labute approximate surface area is 263 Å². The lowest BCUT2D eigenvalue weighted by Gasteiger charge is -2.36. The molecule has 0 saturated carbocycles. The number of nitrogens with zero attached hydrogens (tertiary/aromatic N) is 1. The zero-order valence-corrected chi connectivity index (χ0v) is 26.7. The summed E-state index contributed by atoms with van der Waals surface area (Å²) in [6.45, 7) is 3.97. The Morgan fingerprint density at radius 1 is 1.02 bits per heavy atom. The molecule has 4 rings (SSSR count). The van der Waals surface area contributed by atoms with Crippen LogP contribution in [0.2, 0.25) is 0 Å². The van der Waals surface area contributed by atoms with Crippen molar-refractivity contribution in [2.45, 2.75) is 50.5 Å². The molecule has 0 spiro atoms. The number of carbonyl (C=O) groups excluding carboxylic acids is 2. The van der Waals surface area contributed by atoms with Crippen molar-refractivity contribution in [3.05, 3.63) is 66.2 Å². The van der Waals surface area contributed by atoms with E-state index in [-0.39, 0.29) is 27.7 Å². The fourth-order valence-corrected chi connectivity index (χ4v) is 7.83. The van der Waals surface area contributed by atoms with Gasteiger partial charge >= 0.3 is 5.97 Å². The summed E-state index contributed by atoms with van der Waals surface area (Å²) in [4.78, 5) is 27.5. The average Bonchev–Trinajstić information content (AvgIpc) is 3.14. The Hall–Kier alpha value is -4.45. The van der Waals surface area contributed by atoms with Crippen molar-refractivity contribution in [3.63, 3.8) is 0 Å². The van der Waals surface area contributed by atoms with Gasteiger partial charge in [0, 0.05) is 35.3 Å². The largest absolute Gasteiger partial charge is 0.504 e. The number of methoxy groups -OCH3 is 2. The Morgan fingerprint density at radius 2 is 1.76 bits per heavy atom. The van der Waals surface area contributed by atoms with Gasteiger partial charge in [-0.15, -0.1) is 0 Å². The fraction of sp³-hybridized carbons (Fsp3) is 0.394. The van der Waals surface area contributed by atoms with Crippen molar-refractivity contribution in [1.29, 1.82) is 0 Å². The molecule has 0 aromatic heterocycles. The molecule has 0 bridgehead atoms. The molecule has 0 radical (unpaired) electrons. The van der Waals surface area contributed by atoms with Crippen LogP contribution >= 0.6 is 0 Å². The van der Waals surface area contributed by atoms with E-state index in [1.54, 1.807) is 6.07 Å². The summed E-state index contributed by atoms with van der Waals surface area (Å²) in [5.74, 6) is -2.54. The molecule has 2 atom stereocenters. The predicted molar refractivity (Wildman–Crippen MR) is 169 cm³/mol. The van der Waals surface area contributed by atoms with Gasteiger partial charge < -0.3 is 34.6 Å². The number of unbranched alkanes of at least 4 members (excludes halogenated alkanes) is 1. The first-order chi connectivity index (χ1) is 21.5. The van der Waals surface area contributed by atoms with Crippen LogP contribution in [0.1, 0.15) is 51.1 Å². The van der Waals surface area contributed by atoms with Crippen LogP contribution in [0.4, 0.5) is 11.4 Å². The van der Waals surface area contributed by atoms with Crippen LogP contribution in [0, 0.1) is 5.41 Å². The SMILES string of the molecule is CCCCC1(CC)CN(c2ccccc2)c2cc(OC)c(OCC(=O)NC(C(=O)OC)c3cccc(O)c3O)cc2S(=O)(=O)C1. The molecule has 11 nitrogen and oxygen atoms in total. The Morgan fingerprint density at radius 3 is 2.40 bits per heavy atom. The van der Waals surface area contributed by atoms with E-state index in [9.17, 15) is 28.2 Å². The summed E-state index contributed by atoms with van der Waals surface area (Å²) in [6.07, 6.45) is 3.24. The van der Waals surface area contributed by atoms with E-state index in [2.05, 4.69) is 12.2 Å². The molecule has 2 unspecified atom stereocenters. The van der Waals surface area contributed by atoms with Crippen molar-refractivity contribution in [1.82, 2.24) is 5.32 Å². The van der Waals surface area contributed by atoms with Crippen molar-refractivity contribution in [2.75, 3.05) is 38.0 Å². The van der Waals surface area contributed by atoms with Gasteiger partial charge in [-0.2, -0.15) is 0 Å². The summed E-state index contributed by atoms with van der Waals surface area (Å²) >= 11 is 0.